The van der Waals surface area contributed by atoms with Gasteiger partial charge in [0.05, 0.1) is 5.69 Å². The Labute approximate surface area is 121 Å². The number of nitrogens with zero attached hydrogens (tertiary/aromatic N) is 2. The summed E-state index contributed by atoms with van der Waals surface area (Å²) >= 11 is 1.80. The number of hydrogen-bond donors (Lipinski definition) is 1. The van der Waals surface area contributed by atoms with Crippen LogP contribution >= 0.6 is 11.3 Å². The van der Waals surface area contributed by atoms with Crippen LogP contribution in [-0.4, -0.2) is 18.1 Å². The van der Waals surface area contributed by atoms with Crippen LogP contribution in [0.5, 0.6) is 0 Å². The van der Waals surface area contributed by atoms with Gasteiger partial charge in [0, 0.05) is 23.5 Å². The third-order valence-corrected chi connectivity index (χ3v) is 5.18. The van der Waals surface area contributed by atoms with E-state index in [4.69, 9.17) is 10.7 Å². The summed E-state index contributed by atoms with van der Waals surface area (Å²) in [4.78, 5) is 8.61. The highest BCUT2D eigenvalue weighted by Gasteiger charge is 2.26. The van der Waals surface area contributed by atoms with Crippen LogP contribution in [0.2, 0.25) is 0 Å². The quantitative estimate of drug-likeness (QED) is 0.918. The summed E-state index contributed by atoms with van der Waals surface area (Å²) in [7, 11) is 0. The Balaban J connectivity index is 2.26. The van der Waals surface area contributed by atoms with E-state index in [1.54, 1.807) is 11.3 Å². The molecule has 1 saturated heterocycles. The lowest BCUT2D eigenvalue weighted by molar-refractivity contribution is 0.446. The molecule has 1 aromatic rings. The van der Waals surface area contributed by atoms with Crippen molar-refractivity contribution in [1.82, 2.24) is 4.98 Å². The SMILES string of the molecule is CCCc1nc(N2CCCC(C)C2)sc1C(C)(C)N. The van der Waals surface area contributed by atoms with Crippen molar-refractivity contribution in [3.05, 3.63) is 10.6 Å². The lowest BCUT2D eigenvalue weighted by Gasteiger charge is -2.30. The molecule has 0 spiro atoms. The third-order valence-electron chi connectivity index (χ3n) is 3.69. The van der Waals surface area contributed by atoms with Crippen molar-refractivity contribution >= 4 is 16.5 Å². The Morgan fingerprint density at radius 2 is 2.21 bits per heavy atom. The average molecular weight is 281 g/mol. The van der Waals surface area contributed by atoms with Gasteiger partial charge in [-0.25, -0.2) is 4.98 Å². The van der Waals surface area contributed by atoms with Gasteiger partial charge in [-0.3, -0.25) is 0 Å². The van der Waals surface area contributed by atoms with Gasteiger partial charge in [-0.2, -0.15) is 0 Å². The summed E-state index contributed by atoms with van der Waals surface area (Å²) in [6.45, 7) is 11.0. The van der Waals surface area contributed by atoms with Crippen molar-refractivity contribution in [2.45, 2.75) is 58.9 Å². The first-order valence-corrected chi connectivity index (χ1v) is 8.27. The fourth-order valence-electron chi connectivity index (χ4n) is 2.75. The molecule has 0 aliphatic carbocycles. The maximum atomic E-state index is 6.31. The minimum Gasteiger partial charge on any atom is -0.348 e. The van der Waals surface area contributed by atoms with E-state index in [9.17, 15) is 0 Å². The predicted octanol–water partition coefficient (Wildman–Crippen LogP) is 3.53. The molecule has 2 rings (SSSR count). The standard InChI is InChI=1S/C15H27N3S/c1-5-7-12-13(15(3,4)16)19-14(17-12)18-9-6-8-11(2)10-18/h11H,5-10,16H2,1-4H3. The molecule has 2 heterocycles. The van der Waals surface area contributed by atoms with Crippen LogP contribution in [0.3, 0.4) is 0 Å². The zero-order valence-corrected chi connectivity index (χ0v) is 13.5. The summed E-state index contributed by atoms with van der Waals surface area (Å²) in [5.41, 5.74) is 7.25. The molecule has 1 aliphatic rings. The molecule has 1 unspecified atom stereocenters. The number of thiazole rings is 1. The van der Waals surface area contributed by atoms with Crippen molar-refractivity contribution in [2.75, 3.05) is 18.0 Å². The first-order valence-electron chi connectivity index (χ1n) is 7.45. The summed E-state index contributed by atoms with van der Waals surface area (Å²) in [5.74, 6) is 0.779. The number of anilines is 1. The first kappa shape index (κ1) is 14.8. The minimum absolute atomic E-state index is 0.276. The molecule has 108 valence electrons. The zero-order valence-electron chi connectivity index (χ0n) is 12.7. The highest BCUT2D eigenvalue weighted by Crippen LogP contribution is 2.35. The van der Waals surface area contributed by atoms with E-state index in [-0.39, 0.29) is 5.54 Å². The lowest BCUT2D eigenvalue weighted by Crippen LogP contribution is -2.34. The largest absolute Gasteiger partial charge is 0.348 e. The molecule has 1 aromatic heterocycles. The predicted molar refractivity (Wildman–Crippen MR) is 83.9 cm³/mol. The fourth-order valence-corrected chi connectivity index (χ4v) is 3.91. The summed E-state index contributed by atoms with van der Waals surface area (Å²) < 4.78 is 0. The molecule has 0 saturated carbocycles. The molecule has 1 aliphatic heterocycles. The van der Waals surface area contributed by atoms with Crippen molar-refractivity contribution in [3.8, 4) is 0 Å². The summed E-state index contributed by atoms with van der Waals surface area (Å²) in [6, 6.07) is 0. The molecule has 4 heteroatoms. The van der Waals surface area contributed by atoms with Gasteiger partial charge in [-0.15, -0.1) is 0 Å². The van der Waals surface area contributed by atoms with Crippen molar-refractivity contribution in [1.29, 1.82) is 0 Å². The van der Waals surface area contributed by atoms with Gasteiger partial charge in [0.2, 0.25) is 0 Å². The molecule has 0 radical (unpaired) electrons. The maximum absolute atomic E-state index is 6.31. The number of aryl methyl sites for hydroxylation is 1. The van der Waals surface area contributed by atoms with Gasteiger partial charge >= 0.3 is 0 Å². The maximum Gasteiger partial charge on any atom is 0.185 e. The Kier molecular flexibility index (Phi) is 4.51. The van der Waals surface area contributed by atoms with Crippen molar-refractivity contribution in [2.24, 2.45) is 11.7 Å². The topological polar surface area (TPSA) is 42.2 Å². The zero-order chi connectivity index (χ0) is 14.0. The Morgan fingerprint density at radius 3 is 2.79 bits per heavy atom. The van der Waals surface area contributed by atoms with Crippen LogP contribution in [0.25, 0.3) is 0 Å². The highest BCUT2D eigenvalue weighted by molar-refractivity contribution is 7.15. The second-order valence-electron chi connectivity index (χ2n) is 6.44. The van der Waals surface area contributed by atoms with E-state index in [0.29, 0.717) is 0 Å². The number of rotatable bonds is 4. The van der Waals surface area contributed by atoms with E-state index in [1.165, 1.54) is 28.5 Å². The molecule has 0 amide bonds. The number of nitrogens with two attached hydrogens (primary N) is 1. The summed E-state index contributed by atoms with van der Waals surface area (Å²) in [6.07, 6.45) is 4.79. The average Bonchev–Trinajstić information content (AvgIpc) is 2.73. The summed E-state index contributed by atoms with van der Waals surface area (Å²) in [5, 5.41) is 1.18. The second kappa shape index (κ2) is 5.80. The number of piperidine rings is 1. The third kappa shape index (κ3) is 3.48. The van der Waals surface area contributed by atoms with Crippen LogP contribution in [0.4, 0.5) is 5.13 Å². The van der Waals surface area contributed by atoms with Crippen molar-refractivity contribution in [3.63, 3.8) is 0 Å². The van der Waals surface area contributed by atoms with Crippen LogP contribution < -0.4 is 10.6 Å². The minimum atomic E-state index is -0.276. The van der Waals surface area contributed by atoms with Gasteiger partial charge < -0.3 is 10.6 Å². The van der Waals surface area contributed by atoms with Gasteiger partial charge in [-0.1, -0.05) is 31.6 Å². The number of hydrogen-bond acceptors (Lipinski definition) is 4. The van der Waals surface area contributed by atoms with Crippen molar-refractivity contribution < 1.29 is 0 Å². The smallest absolute Gasteiger partial charge is 0.185 e. The monoisotopic (exact) mass is 281 g/mol. The molecule has 0 bridgehead atoms. The van der Waals surface area contributed by atoms with Crippen LogP contribution in [-0.2, 0) is 12.0 Å². The fraction of sp³-hybridized carbons (Fsp3) is 0.800. The Bertz CT molecular complexity index is 420. The van der Waals surface area contributed by atoms with Gasteiger partial charge in [0.25, 0.3) is 0 Å². The molecular weight excluding hydrogens is 254 g/mol. The van der Waals surface area contributed by atoms with E-state index >= 15 is 0 Å². The second-order valence-corrected chi connectivity index (χ2v) is 7.41. The van der Waals surface area contributed by atoms with E-state index in [2.05, 4.69) is 32.6 Å². The Hall–Kier alpha value is -0.610. The van der Waals surface area contributed by atoms with Gasteiger partial charge in [0.1, 0.15) is 0 Å². The molecule has 19 heavy (non-hydrogen) atoms. The van der Waals surface area contributed by atoms with E-state index in [1.807, 2.05) is 0 Å². The van der Waals surface area contributed by atoms with Gasteiger partial charge in [0.15, 0.2) is 5.13 Å². The van der Waals surface area contributed by atoms with Gasteiger partial charge in [-0.05, 0) is 39.0 Å². The normalized spacial score (nSPS) is 20.9. The molecular formula is C15H27N3S. The van der Waals surface area contributed by atoms with E-state index in [0.717, 1.165) is 31.8 Å². The van der Waals surface area contributed by atoms with Crippen LogP contribution in [0.15, 0.2) is 0 Å². The Morgan fingerprint density at radius 1 is 1.47 bits per heavy atom. The molecule has 0 aromatic carbocycles. The molecule has 2 N–H and O–H groups in total. The molecule has 1 atom stereocenters. The first-order chi connectivity index (χ1) is 8.91. The molecule has 1 fully saturated rings. The highest BCUT2D eigenvalue weighted by atomic mass is 32.1. The van der Waals surface area contributed by atoms with Crippen LogP contribution in [0, 0.1) is 5.92 Å². The number of aromatic nitrogens is 1. The van der Waals surface area contributed by atoms with E-state index < -0.39 is 0 Å². The van der Waals surface area contributed by atoms with Crippen LogP contribution in [0.1, 0.15) is 57.5 Å². The lowest BCUT2D eigenvalue weighted by atomic mass is 10.0. The molecule has 3 nitrogen and oxygen atoms in total.